The number of ketones is 1. The normalized spacial score (nSPS) is 31.7. The molecule has 2 aromatic carbocycles. The second-order valence-electron chi connectivity index (χ2n) is 12.0. The van der Waals surface area contributed by atoms with Gasteiger partial charge in [-0.2, -0.15) is 0 Å². The molecule has 266 valence electrons. The second-order valence-corrected chi connectivity index (χ2v) is 12.9. The number of hydrogen-bond donors (Lipinski definition) is 7. The molecule has 2 aliphatic heterocycles. The number of hydrogen-bond acceptors (Lipinski definition) is 13. The molecule has 3 fully saturated rings. The summed E-state index contributed by atoms with van der Waals surface area (Å²) in [6.45, 7) is 4.26. The quantitative estimate of drug-likeness (QED) is 0.105. The van der Waals surface area contributed by atoms with Gasteiger partial charge in [0, 0.05) is 10.6 Å². The van der Waals surface area contributed by atoms with Crippen molar-refractivity contribution < 1.29 is 63.9 Å². The van der Waals surface area contributed by atoms with Crippen molar-refractivity contribution in [3.8, 4) is 17.2 Å². The number of aliphatic hydroxyl groups is 5. The molecule has 1 amide bonds. The standard InChI is InChI=1S/C33H37Cl2NO13/c1-13(6-7-45-29-18(15(3)37)10-17(34)11-19(29)35)28-26(42)27(43)33(49-28)48-21-5-4-16(9-20(21)38)8-14(2)32(44)36-22-23(39)25(41)31-30(24(22)40)46-12-47-31/h4-6,8-11,22-28,30-31,33,38-43H,7,12H2,1-3H3,(H,36,44)/b13-6+,14-8+/t22-,23+,24-,25-,26+,27+,28-,30+,31-,33-/m1/s1. The maximum absolute atomic E-state index is 12.9. The molecule has 2 aromatic rings. The average molecular weight is 727 g/mol. The summed E-state index contributed by atoms with van der Waals surface area (Å²) in [6.07, 6.45) is -8.30. The molecule has 16 heteroatoms. The van der Waals surface area contributed by atoms with Crippen LogP contribution in [-0.2, 0) is 19.0 Å². The Hall–Kier alpha value is -3.28. The molecule has 2 saturated heterocycles. The lowest BCUT2D eigenvalue weighted by Gasteiger charge is -2.41. The topological polar surface area (TPSA) is 214 Å². The monoisotopic (exact) mass is 725 g/mol. The number of carbonyl (C=O) groups excluding carboxylic acids is 2. The molecule has 10 atom stereocenters. The number of phenolic OH excluding ortho intramolecular Hbond substituents is 1. The predicted octanol–water partition coefficient (Wildman–Crippen LogP) is 1.48. The first kappa shape index (κ1) is 37.0. The van der Waals surface area contributed by atoms with Crippen molar-refractivity contribution in [3.63, 3.8) is 0 Å². The summed E-state index contributed by atoms with van der Waals surface area (Å²) in [7, 11) is 0. The Morgan fingerprint density at radius 3 is 2.31 bits per heavy atom. The predicted molar refractivity (Wildman–Crippen MR) is 173 cm³/mol. The van der Waals surface area contributed by atoms with E-state index in [-0.39, 0.29) is 57.6 Å². The fourth-order valence-corrected chi connectivity index (χ4v) is 6.39. The molecule has 0 unspecified atom stereocenters. The summed E-state index contributed by atoms with van der Waals surface area (Å²) in [5, 5.41) is 66.3. The van der Waals surface area contributed by atoms with Crippen LogP contribution in [0, 0.1) is 0 Å². The van der Waals surface area contributed by atoms with Gasteiger partial charge in [-0.15, -0.1) is 0 Å². The lowest BCUT2D eigenvalue weighted by Crippen LogP contribution is -2.67. The van der Waals surface area contributed by atoms with E-state index in [9.17, 15) is 40.2 Å². The fraction of sp³-hybridized carbons (Fsp3) is 0.455. The van der Waals surface area contributed by atoms with Crippen LogP contribution < -0.4 is 14.8 Å². The summed E-state index contributed by atoms with van der Waals surface area (Å²) < 4.78 is 27.7. The number of nitrogens with one attached hydrogen (secondary N) is 1. The lowest BCUT2D eigenvalue weighted by atomic mass is 9.83. The largest absolute Gasteiger partial charge is 0.504 e. The molecule has 0 aromatic heterocycles. The van der Waals surface area contributed by atoms with Gasteiger partial charge in [0.2, 0.25) is 12.2 Å². The van der Waals surface area contributed by atoms with Gasteiger partial charge in [0.1, 0.15) is 68.0 Å². The SMILES string of the molecule is CC(=O)c1cc(Cl)cc(Cl)c1OC/C=C(\C)[C@H]1O[C@@H](Oc2ccc(/C=C(\C)C(=O)N[C@@H]3[C@H](O)[C@@H](O)[C@H]4OCO[C@H]4[C@@H]3O)cc2O)[C@@H](O)[C@@H]1O. The van der Waals surface area contributed by atoms with Crippen LogP contribution in [0.1, 0.15) is 36.7 Å². The summed E-state index contributed by atoms with van der Waals surface area (Å²) >= 11 is 12.2. The minimum atomic E-state index is -1.51. The molecule has 0 bridgehead atoms. The smallest absolute Gasteiger partial charge is 0.247 e. The molecule has 0 spiro atoms. The Bertz CT molecular complexity index is 1630. The highest BCUT2D eigenvalue weighted by molar-refractivity contribution is 6.36. The highest BCUT2D eigenvalue weighted by Crippen LogP contribution is 2.35. The van der Waals surface area contributed by atoms with Crippen LogP contribution in [0.25, 0.3) is 6.08 Å². The molecule has 0 radical (unpaired) electrons. The second kappa shape index (κ2) is 15.3. The maximum atomic E-state index is 12.9. The van der Waals surface area contributed by atoms with Crippen molar-refractivity contribution in [2.45, 2.75) is 81.9 Å². The highest BCUT2D eigenvalue weighted by atomic mass is 35.5. The van der Waals surface area contributed by atoms with E-state index >= 15 is 0 Å². The van der Waals surface area contributed by atoms with Crippen LogP contribution >= 0.6 is 23.2 Å². The van der Waals surface area contributed by atoms with Crippen LogP contribution in [0.4, 0.5) is 0 Å². The summed E-state index contributed by atoms with van der Waals surface area (Å²) in [5.41, 5.74) is 1.22. The first-order chi connectivity index (χ1) is 23.2. The number of halogens is 2. The van der Waals surface area contributed by atoms with Gasteiger partial charge in [0.05, 0.1) is 16.6 Å². The highest BCUT2D eigenvalue weighted by Gasteiger charge is 2.53. The van der Waals surface area contributed by atoms with Crippen molar-refractivity contribution in [1.29, 1.82) is 0 Å². The number of rotatable bonds is 10. The summed E-state index contributed by atoms with van der Waals surface area (Å²) in [5.74, 6) is -1.23. The fourth-order valence-electron chi connectivity index (χ4n) is 5.85. The number of Topliss-reactive ketones (excluding diaryl/α,β-unsaturated/α-hetero) is 1. The molecule has 14 nitrogen and oxygen atoms in total. The zero-order chi connectivity index (χ0) is 35.7. The Morgan fingerprint density at radius 1 is 0.939 bits per heavy atom. The van der Waals surface area contributed by atoms with Crippen molar-refractivity contribution >= 4 is 41.0 Å². The van der Waals surface area contributed by atoms with Gasteiger partial charge in [-0.3, -0.25) is 9.59 Å². The molecule has 7 N–H and O–H groups in total. The van der Waals surface area contributed by atoms with Crippen molar-refractivity contribution in [2.24, 2.45) is 0 Å². The van der Waals surface area contributed by atoms with Crippen molar-refractivity contribution in [3.05, 3.63) is 68.7 Å². The number of aliphatic hydroxyl groups excluding tert-OH is 5. The van der Waals surface area contributed by atoms with Gasteiger partial charge in [-0.05, 0) is 68.3 Å². The number of phenols is 1. The molecule has 49 heavy (non-hydrogen) atoms. The van der Waals surface area contributed by atoms with E-state index in [1.165, 1.54) is 50.3 Å². The summed E-state index contributed by atoms with van der Waals surface area (Å²) in [4.78, 5) is 24.9. The molecular weight excluding hydrogens is 689 g/mol. The minimum Gasteiger partial charge on any atom is -0.504 e. The molecular formula is C33H37Cl2NO13. The van der Waals surface area contributed by atoms with Crippen LogP contribution in [0.5, 0.6) is 17.2 Å². The number of amides is 1. The van der Waals surface area contributed by atoms with Crippen molar-refractivity contribution in [2.75, 3.05) is 13.4 Å². The zero-order valence-electron chi connectivity index (χ0n) is 26.5. The number of ether oxygens (including phenoxy) is 5. The average Bonchev–Trinajstić information content (AvgIpc) is 3.65. The van der Waals surface area contributed by atoms with Gasteiger partial charge in [0.25, 0.3) is 0 Å². The molecule has 2 heterocycles. The third-order valence-corrected chi connectivity index (χ3v) is 9.06. The van der Waals surface area contributed by atoms with Crippen molar-refractivity contribution in [1.82, 2.24) is 5.32 Å². The molecule has 3 aliphatic rings. The van der Waals surface area contributed by atoms with E-state index in [4.69, 9.17) is 46.9 Å². The Balaban J connectivity index is 1.19. The summed E-state index contributed by atoms with van der Waals surface area (Å²) in [6, 6.07) is 5.84. The Kier molecular flexibility index (Phi) is 11.6. The minimum absolute atomic E-state index is 0.0526. The van der Waals surface area contributed by atoms with Gasteiger partial charge >= 0.3 is 0 Å². The lowest BCUT2D eigenvalue weighted by molar-refractivity contribution is -0.155. The zero-order valence-corrected chi connectivity index (χ0v) is 28.0. The van der Waals surface area contributed by atoms with Crippen LogP contribution in [0.3, 0.4) is 0 Å². The first-order valence-electron chi connectivity index (χ1n) is 15.2. The van der Waals surface area contributed by atoms with Gasteiger partial charge < -0.3 is 59.6 Å². The Labute approximate surface area is 291 Å². The number of fused-ring (bicyclic) bond motifs is 1. The van der Waals surface area contributed by atoms with E-state index in [0.717, 1.165) is 0 Å². The van der Waals surface area contributed by atoms with Crippen LogP contribution in [-0.4, -0.2) is 117 Å². The van der Waals surface area contributed by atoms with Gasteiger partial charge in [-0.25, -0.2) is 0 Å². The van der Waals surface area contributed by atoms with E-state index in [0.29, 0.717) is 11.1 Å². The van der Waals surface area contributed by atoms with E-state index in [1.807, 2.05) is 0 Å². The molecule has 1 aliphatic carbocycles. The number of carbonyl (C=O) groups is 2. The van der Waals surface area contributed by atoms with Gasteiger partial charge in [0.15, 0.2) is 17.3 Å². The third-order valence-electron chi connectivity index (χ3n) is 8.56. The van der Waals surface area contributed by atoms with Crippen LogP contribution in [0.2, 0.25) is 10.0 Å². The van der Waals surface area contributed by atoms with E-state index < -0.39 is 67.1 Å². The first-order valence-corrected chi connectivity index (χ1v) is 16.0. The molecule has 1 saturated carbocycles. The number of aromatic hydroxyl groups is 1. The third kappa shape index (κ3) is 7.89. The van der Waals surface area contributed by atoms with E-state index in [2.05, 4.69) is 5.32 Å². The van der Waals surface area contributed by atoms with E-state index in [1.54, 1.807) is 13.0 Å². The van der Waals surface area contributed by atoms with Crippen LogP contribution in [0.15, 0.2) is 47.6 Å². The molecule has 5 rings (SSSR count). The Morgan fingerprint density at radius 2 is 1.63 bits per heavy atom. The van der Waals surface area contributed by atoms with Gasteiger partial charge in [-0.1, -0.05) is 29.3 Å². The maximum Gasteiger partial charge on any atom is 0.247 e. The number of benzene rings is 2.